The normalized spacial score (nSPS) is 17.3. The summed E-state index contributed by atoms with van der Waals surface area (Å²) in [6.45, 7) is 0.232. The van der Waals surface area contributed by atoms with Crippen LogP contribution in [0.25, 0.3) is 0 Å². The van der Waals surface area contributed by atoms with E-state index in [9.17, 15) is 24.8 Å². The second-order valence-electron chi connectivity index (χ2n) is 7.24. The number of nitro groups is 1. The Morgan fingerprint density at radius 3 is 2.72 bits per heavy atom. The minimum atomic E-state index is -2.15. The fraction of sp³-hybridized carbons (Fsp3) is 0.182. The summed E-state index contributed by atoms with van der Waals surface area (Å²) in [5.41, 5.74) is -1.86. The third-order valence-corrected chi connectivity index (χ3v) is 6.40. The zero-order valence-electron chi connectivity index (χ0n) is 16.8. The van der Waals surface area contributed by atoms with E-state index in [-0.39, 0.29) is 29.1 Å². The van der Waals surface area contributed by atoms with Crippen LogP contribution >= 0.6 is 22.9 Å². The molecule has 1 unspecified atom stereocenters. The first-order valence-electron chi connectivity index (χ1n) is 9.47. The molecule has 3 aromatic rings. The molecule has 2 heterocycles. The van der Waals surface area contributed by atoms with Crippen LogP contribution < -0.4 is 9.64 Å². The number of halogens is 1. The molecule has 0 saturated heterocycles. The van der Waals surface area contributed by atoms with E-state index in [1.54, 1.807) is 12.1 Å². The summed E-state index contributed by atoms with van der Waals surface area (Å²) in [6, 6.07) is 12.2. The molecule has 0 radical (unpaired) electrons. The van der Waals surface area contributed by atoms with Crippen LogP contribution in [-0.2, 0) is 16.9 Å². The molecule has 0 saturated carbocycles. The van der Waals surface area contributed by atoms with Crippen molar-refractivity contribution in [1.29, 1.82) is 0 Å². The molecule has 10 heteroatoms. The fourth-order valence-electron chi connectivity index (χ4n) is 3.75. The zero-order chi connectivity index (χ0) is 23.0. The monoisotopic (exact) mass is 472 g/mol. The molecule has 1 aromatic heterocycles. The van der Waals surface area contributed by atoms with Crippen molar-refractivity contribution in [3.05, 3.63) is 85.1 Å². The number of aliphatic hydroxyl groups is 1. The van der Waals surface area contributed by atoms with E-state index < -0.39 is 28.6 Å². The Morgan fingerprint density at radius 2 is 2.06 bits per heavy atom. The van der Waals surface area contributed by atoms with Crippen LogP contribution in [0.4, 0.5) is 11.4 Å². The van der Waals surface area contributed by atoms with Gasteiger partial charge in [0, 0.05) is 27.1 Å². The number of rotatable bonds is 7. The maximum atomic E-state index is 13.3. The number of carbonyl (C=O) groups excluding carboxylic acids is 2. The van der Waals surface area contributed by atoms with Gasteiger partial charge in [0.25, 0.3) is 5.91 Å². The van der Waals surface area contributed by atoms with Crippen molar-refractivity contribution in [2.75, 3.05) is 12.0 Å². The number of anilines is 1. The number of hydrogen-bond donors (Lipinski definition) is 1. The predicted octanol–water partition coefficient (Wildman–Crippen LogP) is 4.33. The molecule has 2 aromatic carbocycles. The molecule has 1 N–H and O–H groups in total. The number of hydrogen-bond acceptors (Lipinski definition) is 7. The number of methoxy groups -OCH3 is 1. The molecule has 1 amide bonds. The Bertz CT molecular complexity index is 1230. The minimum absolute atomic E-state index is 0.00135. The molecule has 32 heavy (non-hydrogen) atoms. The quantitative estimate of drug-likeness (QED) is 0.311. The smallest absolute Gasteiger partial charge is 0.311 e. The lowest BCUT2D eigenvalue weighted by Crippen LogP contribution is -2.41. The average molecular weight is 473 g/mol. The molecule has 164 valence electrons. The van der Waals surface area contributed by atoms with Gasteiger partial charge in [-0.2, -0.15) is 0 Å². The summed E-state index contributed by atoms with van der Waals surface area (Å²) < 4.78 is 4.96. The van der Waals surface area contributed by atoms with Gasteiger partial charge in [0.05, 0.1) is 30.7 Å². The SMILES string of the molecule is COc1ccc(C(=O)CC2(O)C(=O)N(Cc3cccs3)c3ccc(Cl)cc32)cc1[N+](=O)[O-]. The van der Waals surface area contributed by atoms with Crippen LogP contribution in [-0.4, -0.2) is 28.8 Å². The Labute approximate surface area is 191 Å². The van der Waals surface area contributed by atoms with Gasteiger partial charge in [-0.25, -0.2) is 0 Å². The Morgan fingerprint density at radius 1 is 1.28 bits per heavy atom. The topological polar surface area (TPSA) is 110 Å². The van der Waals surface area contributed by atoms with E-state index in [0.717, 1.165) is 10.9 Å². The van der Waals surface area contributed by atoms with Gasteiger partial charge in [-0.1, -0.05) is 17.7 Å². The summed E-state index contributed by atoms with van der Waals surface area (Å²) in [5.74, 6) is -1.28. The first-order valence-corrected chi connectivity index (χ1v) is 10.7. The van der Waals surface area contributed by atoms with E-state index in [4.69, 9.17) is 16.3 Å². The van der Waals surface area contributed by atoms with Gasteiger partial charge in [-0.05, 0) is 41.8 Å². The van der Waals surface area contributed by atoms with Gasteiger partial charge < -0.3 is 14.7 Å². The largest absolute Gasteiger partial charge is 0.490 e. The van der Waals surface area contributed by atoms with E-state index in [1.807, 2.05) is 17.5 Å². The van der Waals surface area contributed by atoms with Gasteiger partial charge in [0.15, 0.2) is 17.1 Å². The Balaban J connectivity index is 1.70. The van der Waals surface area contributed by atoms with Crippen molar-refractivity contribution in [1.82, 2.24) is 0 Å². The van der Waals surface area contributed by atoms with Gasteiger partial charge in [-0.3, -0.25) is 19.7 Å². The van der Waals surface area contributed by atoms with E-state index in [1.165, 1.54) is 41.5 Å². The van der Waals surface area contributed by atoms with Crippen LogP contribution in [0.1, 0.15) is 27.2 Å². The van der Waals surface area contributed by atoms with E-state index in [0.29, 0.717) is 10.7 Å². The molecule has 0 bridgehead atoms. The molecule has 8 nitrogen and oxygen atoms in total. The van der Waals surface area contributed by atoms with E-state index in [2.05, 4.69) is 0 Å². The first kappa shape index (κ1) is 21.9. The van der Waals surface area contributed by atoms with Crippen molar-refractivity contribution in [2.45, 2.75) is 18.6 Å². The van der Waals surface area contributed by atoms with Gasteiger partial charge in [0.1, 0.15) is 0 Å². The Kier molecular flexibility index (Phi) is 5.72. The van der Waals surface area contributed by atoms with Crippen molar-refractivity contribution >= 4 is 46.0 Å². The van der Waals surface area contributed by atoms with Crippen LogP contribution in [0, 0.1) is 10.1 Å². The minimum Gasteiger partial charge on any atom is -0.490 e. The number of carbonyl (C=O) groups is 2. The molecular weight excluding hydrogens is 456 g/mol. The van der Waals surface area contributed by atoms with Crippen molar-refractivity contribution in [2.24, 2.45) is 0 Å². The third-order valence-electron chi connectivity index (χ3n) is 5.30. The van der Waals surface area contributed by atoms with Crippen molar-refractivity contribution < 1.29 is 24.4 Å². The van der Waals surface area contributed by atoms with Crippen LogP contribution in [0.2, 0.25) is 5.02 Å². The third kappa shape index (κ3) is 3.75. The van der Waals surface area contributed by atoms with Gasteiger partial charge in [-0.15, -0.1) is 11.3 Å². The molecule has 4 rings (SSSR count). The van der Waals surface area contributed by atoms with Crippen molar-refractivity contribution in [3.63, 3.8) is 0 Å². The fourth-order valence-corrected chi connectivity index (χ4v) is 4.61. The van der Waals surface area contributed by atoms with E-state index >= 15 is 0 Å². The molecule has 1 aliphatic rings. The number of benzene rings is 2. The van der Waals surface area contributed by atoms with Crippen LogP contribution in [0.3, 0.4) is 0 Å². The highest BCUT2D eigenvalue weighted by molar-refractivity contribution is 7.09. The maximum Gasteiger partial charge on any atom is 0.311 e. The molecular formula is C22H17ClN2O6S. The van der Waals surface area contributed by atoms with Crippen LogP contribution in [0.5, 0.6) is 5.75 Å². The number of ether oxygens (including phenoxy) is 1. The van der Waals surface area contributed by atoms with Crippen molar-refractivity contribution in [3.8, 4) is 5.75 Å². The van der Waals surface area contributed by atoms with Crippen LogP contribution in [0.15, 0.2) is 53.9 Å². The lowest BCUT2D eigenvalue weighted by Gasteiger charge is -2.22. The molecule has 0 spiro atoms. The van der Waals surface area contributed by atoms with Gasteiger partial charge >= 0.3 is 5.69 Å². The second kappa shape index (κ2) is 8.34. The summed E-state index contributed by atoms with van der Waals surface area (Å²) in [6.07, 6.45) is -0.594. The highest BCUT2D eigenvalue weighted by atomic mass is 35.5. The summed E-state index contributed by atoms with van der Waals surface area (Å²) >= 11 is 7.58. The second-order valence-corrected chi connectivity index (χ2v) is 8.70. The highest BCUT2D eigenvalue weighted by Crippen LogP contribution is 2.45. The molecule has 0 fully saturated rings. The maximum absolute atomic E-state index is 13.3. The molecule has 1 aliphatic heterocycles. The highest BCUT2D eigenvalue weighted by Gasteiger charge is 2.51. The lowest BCUT2D eigenvalue weighted by atomic mass is 9.88. The molecule has 1 atom stereocenters. The number of thiophene rings is 1. The number of amides is 1. The lowest BCUT2D eigenvalue weighted by molar-refractivity contribution is -0.385. The summed E-state index contributed by atoms with van der Waals surface area (Å²) in [7, 11) is 1.28. The Hall–Kier alpha value is -3.27. The predicted molar refractivity (Wildman–Crippen MR) is 119 cm³/mol. The number of nitro benzene ring substituents is 1. The standard InChI is InChI=1S/C22H17ClN2O6S/c1-31-20-7-4-13(9-18(20)25(29)30)19(26)11-22(28)16-10-14(23)5-6-17(16)24(21(22)27)12-15-3-2-8-32-15/h2-10,28H,11-12H2,1H3. The number of fused-ring (bicyclic) bond motifs is 1. The average Bonchev–Trinajstić information content (AvgIpc) is 3.35. The first-order chi connectivity index (χ1) is 15.2. The summed E-state index contributed by atoms with van der Waals surface area (Å²) in [5, 5.41) is 24.9. The number of Topliss-reactive ketones (excluding diaryl/α,β-unsaturated/α-hetero) is 1. The number of ketones is 1. The van der Waals surface area contributed by atoms with Gasteiger partial charge in [0.2, 0.25) is 0 Å². The summed E-state index contributed by atoms with van der Waals surface area (Å²) in [4.78, 5) is 39.3. The molecule has 0 aliphatic carbocycles. The number of nitrogens with zero attached hydrogens (tertiary/aromatic N) is 2. The zero-order valence-corrected chi connectivity index (χ0v) is 18.4.